The summed E-state index contributed by atoms with van der Waals surface area (Å²) in [7, 11) is 0. The summed E-state index contributed by atoms with van der Waals surface area (Å²) in [5.74, 6) is 0.206. The maximum absolute atomic E-state index is 10.5. The molecule has 1 heterocycles. The van der Waals surface area contributed by atoms with E-state index in [9.17, 15) is 4.79 Å². The number of aromatic nitrogens is 2. The van der Waals surface area contributed by atoms with Crippen LogP contribution in [0.1, 0.15) is 16.3 Å². The van der Waals surface area contributed by atoms with Gasteiger partial charge in [-0.3, -0.25) is 4.79 Å². The molecule has 0 aliphatic heterocycles. The van der Waals surface area contributed by atoms with Gasteiger partial charge in [0.05, 0.1) is 5.52 Å². The molecule has 0 N–H and O–H groups in total. The number of aldehydes is 1. The summed E-state index contributed by atoms with van der Waals surface area (Å²) in [6, 6.07) is 5.31. The van der Waals surface area contributed by atoms with E-state index in [1.807, 2.05) is 6.92 Å². The first-order valence-electron chi connectivity index (χ1n) is 4.10. The van der Waals surface area contributed by atoms with E-state index < -0.39 is 0 Å². The van der Waals surface area contributed by atoms with Crippen molar-refractivity contribution in [2.75, 3.05) is 0 Å². The second-order valence-electron chi connectivity index (χ2n) is 2.95. The van der Waals surface area contributed by atoms with Gasteiger partial charge in [-0.05, 0) is 25.1 Å². The number of carbonyl (C=O) groups is 1. The number of rotatable bonds is 1. The zero-order chi connectivity index (χ0) is 10.1. The second-order valence-corrected chi connectivity index (χ2v) is 3.38. The predicted octanol–water partition coefficient (Wildman–Crippen LogP) is 2.40. The third kappa shape index (κ3) is 1.46. The van der Waals surface area contributed by atoms with Gasteiger partial charge >= 0.3 is 0 Å². The lowest BCUT2D eigenvalue weighted by atomic mass is 10.2. The molecule has 2 rings (SSSR count). The average Bonchev–Trinajstić information content (AvgIpc) is 2.19. The Labute approximate surface area is 85.7 Å². The molecule has 2 aromatic rings. The van der Waals surface area contributed by atoms with Crippen molar-refractivity contribution < 1.29 is 4.79 Å². The van der Waals surface area contributed by atoms with Crippen LogP contribution < -0.4 is 0 Å². The van der Waals surface area contributed by atoms with E-state index in [0.29, 0.717) is 11.3 Å². The summed E-state index contributed by atoms with van der Waals surface area (Å²) in [6.45, 7) is 1.83. The molecule has 0 saturated heterocycles. The topological polar surface area (TPSA) is 42.9 Å². The molecule has 14 heavy (non-hydrogen) atoms. The van der Waals surface area contributed by atoms with Gasteiger partial charge in [0.2, 0.25) is 0 Å². The van der Waals surface area contributed by atoms with E-state index in [4.69, 9.17) is 11.6 Å². The van der Waals surface area contributed by atoms with Crippen molar-refractivity contribution >= 4 is 28.8 Å². The van der Waals surface area contributed by atoms with Crippen molar-refractivity contribution in [1.82, 2.24) is 9.97 Å². The van der Waals surface area contributed by atoms with Crippen LogP contribution in [0.2, 0.25) is 5.02 Å². The first kappa shape index (κ1) is 9.09. The molecule has 0 bridgehead atoms. The van der Waals surface area contributed by atoms with Gasteiger partial charge in [0.15, 0.2) is 12.1 Å². The fraction of sp³-hybridized carbons (Fsp3) is 0.100. The average molecular weight is 207 g/mol. The van der Waals surface area contributed by atoms with Crippen LogP contribution in [0.5, 0.6) is 0 Å². The Morgan fingerprint density at radius 1 is 1.36 bits per heavy atom. The molecule has 4 heteroatoms. The molecular weight excluding hydrogens is 200 g/mol. The van der Waals surface area contributed by atoms with Crippen molar-refractivity contribution in [1.29, 1.82) is 0 Å². The number of halogens is 1. The fourth-order valence-corrected chi connectivity index (χ4v) is 1.50. The van der Waals surface area contributed by atoms with E-state index in [1.165, 1.54) is 0 Å². The number of hydrogen-bond acceptors (Lipinski definition) is 3. The predicted molar refractivity (Wildman–Crippen MR) is 54.7 cm³/mol. The number of fused-ring (bicyclic) bond motifs is 1. The Bertz CT molecular complexity index is 511. The minimum atomic E-state index is 0.206. The molecular formula is C10H7ClN2O. The quantitative estimate of drug-likeness (QED) is 0.673. The third-order valence-electron chi connectivity index (χ3n) is 1.97. The highest BCUT2D eigenvalue weighted by molar-refractivity contribution is 6.31. The minimum Gasteiger partial charge on any atom is -0.294 e. The maximum atomic E-state index is 10.5. The number of aryl methyl sites for hydroxylation is 1. The van der Waals surface area contributed by atoms with E-state index in [2.05, 4.69) is 9.97 Å². The Hall–Kier alpha value is -1.48. The van der Waals surface area contributed by atoms with Crippen LogP contribution >= 0.6 is 11.6 Å². The van der Waals surface area contributed by atoms with Crippen LogP contribution in [-0.2, 0) is 0 Å². The molecule has 0 fully saturated rings. The normalized spacial score (nSPS) is 10.4. The third-order valence-corrected chi connectivity index (χ3v) is 2.21. The lowest BCUT2D eigenvalue weighted by molar-refractivity contribution is 0.111. The van der Waals surface area contributed by atoms with Crippen molar-refractivity contribution in [2.24, 2.45) is 0 Å². The largest absolute Gasteiger partial charge is 0.294 e. The molecule has 0 aliphatic rings. The standard InChI is InChI=1S/C10H7ClN2O/c1-6-8-4-7(11)2-3-9(8)13-10(5-14)12-6/h2-5H,1H3. The highest BCUT2D eigenvalue weighted by Gasteiger charge is 2.03. The molecule has 1 aromatic carbocycles. The molecule has 0 unspecified atom stereocenters. The van der Waals surface area contributed by atoms with Gasteiger partial charge in [0, 0.05) is 16.1 Å². The molecule has 3 nitrogen and oxygen atoms in total. The Balaban J connectivity index is 2.82. The Morgan fingerprint density at radius 2 is 2.14 bits per heavy atom. The summed E-state index contributed by atoms with van der Waals surface area (Å²) in [6.07, 6.45) is 0.640. The first-order valence-corrected chi connectivity index (χ1v) is 4.47. The zero-order valence-electron chi connectivity index (χ0n) is 7.49. The Kier molecular flexibility index (Phi) is 2.17. The lowest BCUT2D eigenvalue weighted by Crippen LogP contribution is -1.96. The Morgan fingerprint density at radius 3 is 2.86 bits per heavy atom. The number of nitrogens with zero attached hydrogens (tertiary/aromatic N) is 2. The van der Waals surface area contributed by atoms with Gasteiger partial charge in [0.25, 0.3) is 0 Å². The highest BCUT2D eigenvalue weighted by Crippen LogP contribution is 2.19. The number of benzene rings is 1. The summed E-state index contributed by atoms with van der Waals surface area (Å²) >= 11 is 5.84. The minimum absolute atomic E-state index is 0.206. The highest BCUT2D eigenvalue weighted by atomic mass is 35.5. The molecule has 0 radical (unpaired) electrons. The summed E-state index contributed by atoms with van der Waals surface area (Å²) < 4.78 is 0. The molecule has 0 spiro atoms. The fourth-order valence-electron chi connectivity index (χ4n) is 1.33. The van der Waals surface area contributed by atoms with Crippen molar-refractivity contribution in [3.05, 3.63) is 34.7 Å². The van der Waals surface area contributed by atoms with Crippen LogP contribution in [0, 0.1) is 6.92 Å². The smallest absolute Gasteiger partial charge is 0.193 e. The van der Waals surface area contributed by atoms with Gasteiger partial charge in [0.1, 0.15) is 0 Å². The van der Waals surface area contributed by atoms with Crippen LogP contribution in [0.15, 0.2) is 18.2 Å². The van der Waals surface area contributed by atoms with Crippen molar-refractivity contribution in [2.45, 2.75) is 6.92 Å². The lowest BCUT2D eigenvalue weighted by Gasteiger charge is -2.01. The van der Waals surface area contributed by atoms with E-state index in [0.717, 1.165) is 16.6 Å². The van der Waals surface area contributed by atoms with Crippen LogP contribution in [0.25, 0.3) is 10.9 Å². The molecule has 0 atom stereocenters. The summed E-state index contributed by atoms with van der Waals surface area (Å²) in [5.41, 5.74) is 1.50. The molecule has 0 saturated carbocycles. The van der Waals surface area contributed by atoms with Crippen LogP contribution in [0.3, 0.4) is 0 Å². The second kappa shape index (κ2) is 3.35. The van der Waals surface area contributed by atoms with Crippen LogP contribution in [-0.4, -0.2) is 16.3 Å². The monoisotopic (exact) mass is 206 g/mol. The molecule has 0 aliphatic carbocycles. The van der Waals surface area contributed by atoms with Gasteiger partial charge < -0.3 is 0 Å². The van der Waals surface area contributed by atoms with Gasteiger partial charge in [-0.15, -0.1) is 0 Å². The summed E-state index contributed by atoms with van der Waals surface area (Å²) in [4.78, 5) is 18.6. The molecule has 70 valence electrons. The van der Waals surface area contributed by atoms with Crippen molar-refractivity contribution in [3.8, 4) is 0 Å². The zero-order valence-corrected chi connectivity index (χ0v) is 8.25. The summed E-state index contributed by atoms with van der Waals surface area (Å²) in [5, 5.41) is 1.52. The first-order chi connectivity index (χ1) is 6.70. The van der Waals surface area contributed by atoms with Gasteiger partial charge in [-0.2, -0.15) is 0 Å². The van der Waals surface area contributed by atoms with Crippen molar-refractivity contribution in [3.63, 3.8) is 0 Å². The SMILES string of the molecule is Cc1nc(C=O)nc2ccc(Cl)cc12. The molecule has 1 aromatic heterocycles. The van der Waals surface area contributed by atoms with Gasteiger partial charge in [-0.1, -0.05) is 11.6 Å². The maximum Gasteiger partial charge on any atom is 0.193 e. The van der Waals surface area contributed by atoms with Gasteiger partial charge in [-0.25, -0.2) is 9.97 Å². The van der Waals surface area contributed by atoms with E-state index >= 15 is 0 Å². The number of hydrogen-bond donors (Lipinski definition) is 0. The van der Waals surface area contributed by atoms with E-state index in [-0.39, 0.29) is 5.82 Å². The van der Waals surface area contributed by atoms with Crippen LogP contribution in [0.4, 0.5) is 0 Å². The van der Waals surface area contributed by atoms with E-state index in [1.54, 1.807) is 18.2 Å². The number of carbonyl (C=O) groups excluding carboxylic acids is 1. The molecule has 0 amide bonds.